The van der Waals surface area contributed by atoms with E-state index in [0.717, 1.165) is 38.5 Å². The molecule has 2 atom stereocenters. The Hall–Kier alpha value is -3.27. The number of carbonyl (C=O) groups excluding carboxylic acids is 1. The van der Waals surface area contributed by atoms with Crippen molar-refractivity contribution in [1.29, 1.82) is 0 Å². The molecule has 4 fully saturated rings. The van der Waals surface area contributed by atoms with Crippen LogP contribution >= 0.6 is 11.6 Å². The van der Waals surface area contributed by atoms with E-state index in [0.29, 0.717) is 28.8 Å². The minimum absolute atomic E-state index is 0.00171. The van der Waals surface area contributed by atoms with Crippen LogP contribution in [-0.2, 0) is 16.9 Å². The summed E-state index contributed by atoms with van der Waals surface area (Å²) >= 11 is 6.34. The minimum atomic E-state index is -0.414. The van der Waals surface area contributed by atoms with Gasteiger partial charge in [0.05, 0.1) is 17.0 Å². The van der Waals surface area contributed by atoms with Gasteiger partial charge in [0, 0.05) is 18.2 Å². The van der Waals surface area contributed by atoms with Crippen molar-refractivity contribution >= 4 is 29.0 Å². The maximum absolute atomic E-state index is 14.0. The van der Waals surface area contributed by atoms with Crippen LogP contribution < -0.4 is 5.32 Å². The summed E-state index contributed by atoms with van der Waals surface area (Å²) in [6.45, 7) is 0.202. The Morgan fingerprint density at radius 3 is 2.67 bits per heavy atom. The third-order valence-corrected chi connectivity index (χ3v) is 8.49. The third-order valence-electron chi connectivity index (χ3n) is 8.22. The van der Waals surface area contributed by atoms with Crippen LogP contribution in [0, 0.1) is 33.2 Å². The van der Waals surface area contributed by atoms with Crippen LogP contribution in [0.25, 0.3) is 0 Å². The van der Waals surface area contributed by atoms with Crippen LogP contribution in [0.1, 0.15) is 50.5 Å². The number of benzene rings is 1. The van der Waals surface area contributed by atoms with Crippen LogP contribution in [0.3, 0.4) is 0 Å². The number of amides is 1. The second kappa shape index (κ2) is 8.40. The van der Waals surface area contributed by atoms with E-state index >= 15 is 0 Å². The van der Waals surface area contributed by atoms with E-state index in [1.54, 1.807) is 35.3 Å². The number of hydrogen-bond acceptors (Lipinski definition) is 5. The topological polar surface area (TPSA) is 108 Å². The van der Waals surface area contributed by atoms with Gasteiger partial charge >= 0.3 is 5.69 Å². The van der Waals surface area contributed by atoms with Crippen LogP contribution in [0.5, 0.6) is 0 Å². The van der Waals surface area contributed by atoms with Crippen LogP contribution in [0.2, 0.25) is 5.02 Å². The Morgan fingerprint density at radius 2 is 1.97 bits per heavy atom. The Morgan fingerprint density at radius 1 is 1.22 bits per heavy atom. The zero-order valence-corrected chi connectivity index (χ0v) is 20.3. The summed E-state index contributed by atoms with van der Waals surface area (Å²) in [7, 11) is 0. The Balaban J connectivity index is 1.18. The van der Waals surface area contributed by atoms with E-state index < -0.39 is 4.92 Å². The maximum Gasteiger partial charge on any atom is 0.307 e. The predicted molar refractivity (Wildman–Crippen MR) is 130 cm³/mol. The summed E-state index contributed by atoms with van der Waals surface area (Å²) in [5, 5.41) is 23.1. The van der Waals surface area contributed by atoms with Gasteiger partial charge in [-0.05, 0) is 61.8 Å². The molecule has 11 heteroatoms. The fraction of sp³-hybridized carbons (Fsp3) is 0.480. The molecule has 0 aliphatic heterocycles. The number of nitrogens with one attached hydrogen (secondary N) is 1. The smallest absolute Gasteiger partial charge is 0.307 e. The lowest BCUT2D eigenvalue weighted by Crippen LogP contribution is -2.57. The normalized spacial score (nSPS) is 28.4. The minimum Gasteiger partial charge on any atom is -0.308 e. The third kappa shape index (κ3) is 4.07. The first-order valence-electron chi connectivity index (χ1n) is 12.2. The second-order valence-electron chi connectivity index (χ2n) is 10.9. The van der Waals surface area contributed by atoms with Crippen molar-refractivity contribution in [2.45, 2.75) is 57.0 Å². The van der Waals surface area contributed by atoms with Crippen LogP contribution in [0.15, 0.2) is 42.9 Å². The summed E-state index contributed by atoms with van der Waals surface area (Å²) in [6.07, 6.45) is 10.5. The molecule has 4 bridgehead atoms. The number of anilines is 1. The SMILES string of the molecule is O=C(CC12CC3CC(C1)CC(n1cc([N+](=O)[O-])cn1)(C3)C2)Nc1nn(Cc2ccccc2F)cc1Cl. The van der Waals surface area contributed by atoms with Gasteiger partial charge in [-0.3, -0.25) is 24.3 Å². The van der Waals surface area contributed by atoms with Crippen molar-refractivity contribution in [3.05, 3.63) is 69.4 Å². The zero-order valence-electron chi connectivity index (χ0n) is 19.6. The monoisotopic (exact) mass is 512 g/mol. The van der Waals surface area contributed by atoms with E-state index in [1.165, 1.54) is 16.9 Å². The van der Waals surface area contributed by atoms with Gasteiger partial charge in [0.25, 0.3) is 0 Å². The average Bonchev–Trinajstić information content (AvgIpc) is 3.42. The summed E-state index contributed by atoms with van der Waals surface area (Å²) in [5.74, 6) is 0.737. The van der Waals surface area contributed by atoms with Gasteiger partial charge in [-0.25, -0.2) is 4.39 Å². The highest BCUT2D eigenvalue weighted by Crippen LogP contribution is 2.65. The molecule has 4 aliphatic rings. The van der Waals surface area contributed by atoms with Crippen molar-refractivity contribution in [2.24, 2.45) is 17.3 Å². The quantitative estimate of drug-likeness (QED) is 0.348. The predicted octanol–water partition coefficient (Wildman–Crippen LogP) is 5.15. The molecule has 36 heavy (non-hydrogen) atoms. The largest absolute Gasteiger partial charge is 0.308 e. The van der Waals surface area contributed by atoms with E-state index in [2.05, 4.69) is 15.5 Å². The highest BCUT2D eigenvalue weighted by molar-refractivity contribution is 6.33. The molecule has 4 aliphatic carbocycles. The molecule has 2 aromatic heterocycles. The van der Waals surface area contributed by atoms with Crippen molar-refractivity contribution in [2.75, 3.05) is 5.32 Å². The number of halogens is 2. The molecule has 1 amide bonds. The molecule has 0 saturated heterocycles. The molecule has 4 saturated carbocycles. The first-order valence-corrected chi connectivity index (χ1v) is 12.6. The maximum atomic E-state index is 14.0. The number of aromatic nitrogens is 4. The highest BCUT2D eigenvalue weighted by Gasteiger charge is 2.59. The Kier molecular flexibility index (Phi) is 5.40. The Bertz CT molecular complexity index is 1340. The van der Waals surface area contributed by atoms with Gasteiger partial charge in [0.2, 0.25) is 5.91 Å². The summed E-state index contributed by atoms with van der Waals surface area (Å²) in [6, 6.07) is 6.46. The van der Waals surface area contributed by atoms with Crippen LogP contribution in [-0.4, -0.2) is 30.4 Å². The van der Waals surface area contributed by atoms with Crippen LogP contribution in [0.4, 0.5) is 15.9 Å². The fourth-order valence-electron chi connectivity index (χ4n) is 7.42. The molecule has 1 aromatic carbocycles. The van der Waals surface area contributed by atoms with Gasteiger partial charge in [0.1, 0.15) is 23.2 Å². The first-order chi connectivity index (χ1) is 17.2. The zero-order chi connectivity index (χ0) is 25.1. The summed E-state index contributed by atoms with van der Waals surface area (Å²) in [5.41, 5.74) is 0.0137. The van der Waals surface area contributed by atoms with Crippen molar-refractivity contribution in [1.82, 2.24) is 19.6 Å². The van der Waals surface area contributed by atoms with E-state index in [1.807, 2.05) is 0 Å². The molecule has 0 radical (unpaired) electrons. The summed E-state index contributed by atoms with van der Waals surface area (Å²) in [4.78, 5) is 24.0. The molecular formula is C25H26ClFN6O3. The Labute approximate surface area is 211 Å². The van der Waals surface area contributed by atoms with Crippen molar-refractivity contribution in [3.63, 3.8) is 0 Å². The first kappa shape index (κ1) is 23.1. The van der Waals surface area contributed by atoms with Gasteiger partial charge in [-0.15, -0.1) is 0 Å². The van der Waals surface area contributed by atoms with E-state index in [-0.39, 0.29) is 40.7 Å². The lowest BCUT2D eigenvalue weighted by Gasteiger charge is -2.61. The van der Waals surface area contributed by atoms with Gasteiger partial charge in [-0.1, -0.05) is 29.8 Å². The fourth-order valence-corrected chi connectivity index (χ4v) is 7.62. The number of rotatable bonds is 7. The molecule has 7 rings (SSSR count). The lowest BCUT2D eigenvalue weighted by atomic mass is 9.46. The number of nitrogens with zero attached hydrogens (tertiary/aromatic N) is 5. The standard InChI is InChI=1S/C25H26ClFN6O3/c26-20-14-31(12-18-3-1-2-4-21(18)27)30-23(20)29-22(34)10-24-6-16-5-17(7-24)9-25(8-16,15-24)32-13-19(11-28-32)33(35)36/h1-4,11,13-14,16-17H,5-10,12,15H2,(H,29,30,34). The number of hydrogen-bond donors (Lipinski definition) is 1. The van der Waals surface area contributed by atoms with Gasteiger partial charge in [0.15, 0.2) is 5.82 Å². The second-order valence-corrected chi connectivity index (χ2v) is 11.3. The molecule has 9 nitrogen and oxygen atoms in total. The molecule has 0 spiro atoms. The summed E-state index contributed by atoms with van der Waals surface area (Å²) < 4.78 is 17.3. The lowest BCUT2D eigenvalue weighted by molar-refractivity contribution is -0.385. The van der Waals surface area contributed by atoms with Gasteiger partial charge < -0.3 is 5.32 Å². The van der Waals surface area contributed by atoms with Gasteiger partial charge in [-0.2, -0.15) is 10.2 Å². The van der Waals surface area contributed by atoms with Crippen molar-refractivity contribution in [3.8, 4) is 0 Å². The highest BCUT2D eigenvalue weighted by atomic mass is 35.5. The van der Waals surface area contributed by atoms with E-state index in [4.69, 9.17) is 11.6 Å². The molecule has 3 aromatic rings. The van der Waals surface area contributed by atoms with E-state index in [9.17, 15) is 19.3 Å². The molecule has 1 N–H and O–H groups in total. The molecule has 188 valence electrons. The molecule has 2 unspecified atom stereocenters. The van der Waals surface area contributed by atoms with Crippen molar-refractivity contribution < 1.29 is 14.1 Å². The number of carbonyl (C=O) groups is 1. The molecule has 2 heterocycles. The number of nitro groups is 1. The molecular weight excluding hydrogens is 487 g/mol. The average molecular weight is 513 g/mol.